The van der Waals surface area contributed by atoms with Gasteiger partial charge in [-0.05, 0) is 50.1 Å². The van der Waals surface area contributed by atoms with Crippen molar-refractivity contribution in [2.75, 3.05) is 23.9 Å². The van der Waals surface area contributed by atoms with Gasteiger partial charge in [-0.25, -0.2) is 4.79 Å². The van der Waals surface area contributed by atoms with Crippen molar-refractivity contribution in [1.82, 2.24) is 0 Å². The number of benzene rings is 2. The Kier molecular flexibility index (Phi) is 6.34. The zero-order valence-corrected chi connectivity index (χ0v) is 16.3. The summed E-state index contributed by atoms with van der Waals surface area (Å²) < 4.78 is 4.68. The van der Waals surface area contributed by atoms with E-state index < -0.39 is 5.97 Å². The normalized spacial score (nSPS) is 10.3. The van der Waals surface area contributed by atoms with Crippen LogP contribution in [0.15, 0.2) is 36.4 Å². The highest BCUT2D eigenvalue weighted by molar-refractivity contribution is 6.03. The summed E-state index contributed by atoms with van der Waals surface area (Å²) in [5.74, 6) is -1.06. The first-order valence-corrected chi connectivity index (χ1v) is 8.57. The quantitative estimate of drug-likeness (QED) is 0.821. The van der Waals surface area contributed by atoms with Crippen LogP contribution < -0.4 is 10.2 Å². The Morgan fingerprint density at radius 3 is 2.22 bits per heavy atom. The van der Waals surface area contributed by atoms with Gasteiger partial charge in [-0.3, -0.25) is 9.59 Å². The number of anilines is 2. The molecule has 27 heavy (non-hydrogen) atoms. The summed E-state index contributed by atoms with van der Waals surface area (Å²) in [5.41, 5.74) is 4.51. The van der Waals surface area contributed by atoms with Crippen LogP contribution in [0.4, 0.5) is 11.4 Å². The Balaban J connectivity index is 2.22. The molecule has 0 heterocycles. The maximum absolute atomic E-state index is 12.5. The fourth-order valence-corrected chi connectivity index (χ4v) is 3.13. The van der Waals surface area contributed by atoms with E-state index in [0.29, 0.717) is 11.3 Å². The van der Waals surface area contributed by atoms with Crippen molar-refractivity contribution in [2.24, 2.45) is 0 Å². The molecule has 1 N–H and O–H groups in total. The molecule has 0 fully saturated rings. The Morgan fingerprint density at radius 1 is 1.04 bits per heavy atom. The van der Waals surface area contributed by atoms with Gasteiger partial charge in [0, 0.05) is 12.6 Å². The number of ether oxygens (including phenoxy) is 1. The highest BCUT2D eigenvalue weighted by Gasteiger charge is 2.20. The molecule has 2 aromatic carbocycles. The van der Waals surface area contributed by atoms with E-state index in [1.807, 2.05) is 32.9 Å². The van der Waals surface area contributed by atoms with Crippen LogP contribution in [0.1, 0.15) is 34.0 Å². The number of esters is 1. The second-order valence-electron chi connectivity index (χ2n) is 6.47. The zero-order chi connectivity index (χ0) is 20.1. The molecule has 0 saturated heterocycles. The summed E-state index contributed by atoms with van der Waals surface area (Å²) in [6.07, 6.45) is 0. The molecule has 0 aliphatic heterocycles. The van der Waals surface area contributed by atoms with E-state index in [-0.39, 0.29) is 18.4 Å². The number of nitrogens with zero attached hydrogens (tertiary/aromatic N) is 1. The van der Waals surface area contributed by atoms with E-state index in [4.69, 9.17) is 0 Å². The molecule has 0 aliphatic rings. The average Bonchev–Trinajstić information content (AvgIpc) is 2.59. The van der Waals surface area contributed by atoms with Crippen LogP contribution >= 0.6 is 0 Å². The van der Waals surface area contributed by atoms with Crippen LogP contribution in [-0.4, -0.2) is 31.4 Å². The topological polar surface area (TPSA) is 75.7 Å². The molecular weight excluding hydrogens is 344 g/mol. The van der Waals surface area contributed by atoms with Gasteiger partial charge in [0.05, 0.1) is 18.4 Å². The molecule has 0 bridgehead atoms. The van der Waals surface area contributed by atoms with Crippen LogP contribution in [0.2, 0.25) is 0 Å². The number of aryl methyl sites for hydroxylation is 3. The standard InChI is InChI=1S/C21H24N2O4/c1-13-9-14(2)20(15(3)10-13)23(16(4)24)12-19(25)22-18-8-6-7-17(11-18)21(26)27-5/h6-11H,12H2,1-5H3,(H,22,25). The minimum absolute atomic E-state index is 0.122. The van der Waals surface area contributed by atoms with Crippen LogP contribution in [0, 0.1) is 20.8 Å². The monoisotopic (exact) mass is 368 g/mol. The number of nitrogens with one attached hydrogen (secondary N) is 1. The van der Waals surface area contributed by atoms with Gasteiger partial charge in [0.15, 0.2) is 0 Å². The summed E-state index contributed by atoms with van der Waals surface area (Å²) >= 11 is 0. The number of carbonyl (C=O) groups is 3. The highest BCUT2D eigenvalue weighted by Crippen LogP contribution is 2.26. The third kappa shape index (κ3) is 4.94. The molecule has 2 amide bonds. The third-order valence-electron chi connectivity index (χ3n) is 4.15. The number of rotatable bonds is 5. The first-order valence-electron chi connectivity index (χ1n) is 8.57. The summed E-state index contributed by atoms with van der Waals surface area (Å²) in [7, 11) is 1.30. The lowest BCUT2D eigenvalue weighted by molar-refractivity contribution is -0.120. The Hall–Kier alpha value is -3.15. The molecule has 2 aromatic rings. The molecule has 2 rings (SSSR count). The van der Waals surface area contributed by atoms with Crippen molar-refractivity contribution >= 4 is 29.2 Å². The number of hydrogen-bond donors (Lipinski definition) is 1. The third-order valence-corrected chi connectivity index (χ3v) is 4.15. The molecule has 0 aromatic heterocycles. The van der Waals surface area contributed by atoms with Gasteiger partial charge >= 0.3 is 5.97 Å². The van der Waals surface area contributed by atoms with E-state index in [1.165, 1.54) is 25.0 Å². The number of carbonyl (C=O) groups excluding carboxylic acids is 3. The minimum atomic E-state index is -0.484. The molecule has 0 unspecified atom stereocenters. The molecule has 142 valence electrons. The van der Waals surface area contributed by atoms with Gasteiger partial charge in [-0.2, -0.15) is 0 Å². The number of methoxy groups -OCH3 is 1. The maximum Gasteiger partial charge on any atom is 0.337 e. The first-order chi connectivity index (χ1) is 12.7. The second kappa shape index (κ2) is 8.49. The molecule has 0 spiro atoms. The van der Waals surface area contributed by atoms with E-state index >= 15 is 0 Å². The first kappa shape index (κ1) is 20.2. The van der Waals surface area contributed by atoms with Crippen molar-refractivity contribution in [1.29, 1.82) is 0 Å². The van der Waals surface area contributed by atoms with Gasteiger partial charge in [-0.1, -0.05) is 23.8 Å². The van der Waals surface area contributed by atoms with Crippen molar-refractivity contribution in [3.8, 4) is 0 Å². The van der Waals surface area contributed by atoms with Crippen LogP contribution in [0.3, 0.4) is 0 Å². The largest absolute Gasteiger partial charge is 0.465 e. The van der Waals surface area contributed by atoms with E-state index in [0.717, 1.165) is 22.4 Å². The van der Waals surface area contributed by atoms with Gasteiger partial charge < -0.3 is 15.0 Å². The smallest absolute Gasteiger partial charge is 0.337 e. The Bertz CT molecular complexity index is 866. The average molecular weight is 368 g/mol. The zero-order valence-electron chi connectivity index (χ0n) is 16.3. The predicted molar refractivity (Wildman–Crippen MR) is 105 cm³/mol. The van der Waals surface area contributed by atoms with E-state index in [9.17, 15) is 14.4 Å². The van der Waals surface area contributed by atoms with Crippen molar-refractivity contribution in [2.45, 2.75) is 27.7 Å². The van der Waals surface area contributed by atoms with E-state index in [1.54, 1.807) is 18.2 Å². The van der Waals surface area contributed by atoms with Crippen molar-refractivity contribution in [3.05, 3.63) is 58.7 Å². The van der Waals surface area contributed by atoms with Gasteiger partial charge in [0.1, 0.15) is 6.54 Å². The predicted octanol–water partition coefficient (Wildman–Crippen LogP) is 3.39. The van der Waals surface area contributed by atoms with Crippen LogP contribution in [-0.2, 0) is 14.3 Å². The van der Waals surface area contributed by atoms with Crippen molar-refractivity contribution < 1.29 is 19.1 Å². The Morgan fingerprint density at radius 2 is 1.67 bits per heavy atom. The van der Waals surface area contributed by atoms with Gasteiger partial charge in [0.2, 0.25) is 11.8 Å². The molecule has 0 radical (unpaired) electrons. The van der Waals surface area contributed by atoms with Crippen LogP contribution in [0.25, 0.3) is 0 Å². The molecule has 6 nitrogen and oxygen atoms in total. The summed E-state index contributed by atoms with van der Waals surface area (Å²) in [6.45, 7) is 7.14. The lowest BCUT2D eigenvalue weighted by Crippen LogP contribution is -2.37. The minimum Gasteiger partial charge on any atom is -0.465 e. The molecule has 0 atom stereocenters. The molecular formula is C21H24N2O4. The van der Waals surface area contributed by atoms with E-state index in [2.05, 4.69) is 10.1 Å². The number of amides is 2. The number of hydrogen-bond acceptors (Lipinski definition) is 4. The Labute approximate surface area is 159 Å². The van der Waals surface area contributed by atoms with Crippen LogP contribution in [0.5, 0.6) is 0 Å². The summed E-state index contributed by atoms with van der Waals surface area (Å²) in [6, 6.07) is 10.4. The second-order valence-corrected chi connectivity index (χ2v) is 6.47. The summed E-state index contributed by atoms with van der Waals surface area (Å²) in [4.78, 5) is 37.8. The highest BCUT2D eigenvalue weighted by atomic mass is 16.5. The fraction of sp³-hybridized carbons (Fsp3) is 0.286. The maximum atomic E-state index is 12.5. The lowest BCUT2D eigenvalue weighted by atomic mass is 10.0. The van der Waals surface area contributed by atoms with Crippen molar-refractivity contribution in [3.63, 3.8) is 0 Å². The van der Waals surface area contributed by atoms with Gasteiger partial charge in [0.25, 0.3) is 0 Å². The summed E-state index contributed by atoms with van der Waals surface area (Å²) in [5, 5.41) is 2.73. The molecule has 0 saturated carbocycles. The lowest BCUT2D eigenvalue weighted by Gasteiger charge is -2.25. The molecule has 6 heteroatoms. The SMILES string of the molecule is COC(=O)c1cccc(NC(=O)CN(C(C)=O)c2c(C)cc(C)cc2C)c1. The fourth-order valence-electron chi connectivity index (χ4n) is 3.13. The van der Waals surface area contributed by atoms with Gasteiger partial charge in [-0.15, -0.1) is 0 Å². The molecule has 0 aliphatic carbocycles.